The van der Waals surface area contributed by atoms with Gasteiger partial charge in [-0.2, -0.15) is 0 Å². The number of nitrogens with zero attached hydrogens (tertiary/aromatic N) is 1. The van der Waals surface area contributed by atoms with Crippen LogP contribution in [-0.4, -0.2) is 23.5 Å². The van der Waals surface area contributed by atoms with Crippen molar-refractivity contribution in [1.82, 2.24) is 4.90 Å². The zero-order valence-corrected chi connectivity index (χ0v) is 15.8. The summed E-state index contributed by atoms with van der Waals surface area (Å²) in [6.45, 7) is 10.0. The van der Waals surface area contributed by atoms with E-state index in [-0.39, 0.29) is 0 Å². The third-order valence-corrected chi connectivity index (χ3v) is 6.68. The van der Waals surface area contributed by atoms with Crippen molar-refractivity contribution < 1.29 is 0 Å². The lowest BCUT2D eigenvalue weighted by Crippen LogP contribution is -2.50. The van der Waals surface area contributed by atoms with E-state index in [9.17, 15) is 0 Å². The van der Waals surface area contributed by atoms with Crippen LogP contribution in [0.15, 0.2) is 0 Å². The third-order valence-electron chi connectivity index (χ3n) is 6.68. The Labute approximate surface area is 140 Å². The molecule has 0 amide bonds. The summed E-state index contributed by atoms with van der Waals surface area (Å²) in [5, 5.41) is 0. The number of hydrogen-bond acceptors (Lipinski definition) is 1. The maximum atomic E-state index is 2.90. The van der Waals surface area contributed by atoms with E-state index in [1.807, 2.05) is 0 Å². The van der Waals surface area contributed by atoms with Gasteiger partial charge >= 0.3 is 0 Å². The highest BCUT2D eigenvalue weighted by molar-refractivity contribution is 5.00. The SMILES string of the molecule is CCCCCCC(C)(CCCCCC)N1CCC2(CC1)CC2. The summed E-state index contributed by atoms with van der Waals surface area (Å²) in [6.07, 6.45) is 20.3. The van der Waals surface area contributed by atoms with E-state index >= 15 is 0 Å². The molecule has 1 heteroatoms. The Morgan fingerprint density at radius 2 is 1.23 bits per heavy atom. The monoisotopic (exact) mass is 307 g/mol. The Kier molecular flexibility index (Phi) is 7.25. The molecule has 0 atom stereocenters. The van der Waals surface area contributed by atoms with Crippen LogP contribution in [0, 0.1) is 5.41 Å². The summed E-state index contributed by atoms with van der Waals surface area (Å²) in [5.74, 6) is 0. The topological polar surface area (TPSA) is 3.24 Å². The molecular formula is C21H41N. The van der Waals surface area contributed by atoms with Gasteiger partial charge in [-0.25, -0.2) is 0 Å². The van der Waals surface area contributed by atoms with Crippen LogP contribution in [0.3, 0.4) is 0 Å². The first-order valence-electron chi connectivity index (χ1n) is 10.4. The fraction of sp³-hybridized carbons (Fsp3) is 1.00. The molecule has 0 bridgehead atoms. The molecule has 0 aromatic carbocycles. The fourth-order valence-electron chi connectivity index (χ4n) is 4.50. The summed E-state index contributed by atoms with van der Waals surface area (Å²) >= 11 is 0. The van der Waals surface area contributed by atoms with Crippen LogP contribution in [0.25, 0.3) is 0 Å². The molecule has 130 valence electrons. The number of rotatable bonds is 11. The van der Waals surface area contributed by atoms with Crippen molar-refractivity contribution in [3.63, 3.8) is 0 Å². The van der Waals surface area contributed by atoms with Gasteiger partial charge in [0.2, 0.25) is 0 Å². The number of unbranched alkanes of at least 4 members (excludes halogenated alkanes) is 6. The van der Waals surface area contributed by atoms with Gasteiger partial charge in [0.05, 0.1) is 0 Å². The zero-order valence-electron chi connectivity index (χ0n) is 15.8. The second-order valence-corrected chi connectivity index (χ2v) is 8.61. The predicted octanol–water partition coefficient (Wildman–Crippen LogP) is 6.56. The Bertz CT molecular complexity index is 283. The highest BCUT2D eigenvalue weighted by atomic mass is 15.2. The van der Waals surface area contributed by atoms with Crippen molar-refractivity contribution in [2.45, 2.75) is 116 Å². The minimum absolute atomic E-state index is 0.498. The largest absolute Gasteiger partial charge is 0.298 e. The van der Waals surface area contributed by atoms with Gasteiger partial charge < -0.3 is 0 Å². The second kappa shape index (κ2) is 8.71. The van der Waals surface area contributed by atoms with Gasteiger partial charge in [0.15, 0.2) is 0 Å². The number of hydrogen-bond donors (Lipinski definition) is 0. The summed E-state index contributed by atoms with van der Waals surface area (Å²) in [7, 11) is 0. The van der Waals surface area contributed by atoms with E-state index < -0.39 is 0 Å². The first-order chi connectivity index (χ1) is 10.6. The van der Waals surface area contributed by atoms with E-state index in [1.54, 1.807) is 0 Å². The van der Waals surface area contributed by atoms with Crippen molar-refractivity contribution in [2.75, 3.05) is 13.1 Å². The summed E-state index contributed by atoms with van der Waals surface area (Å²) < 4.78 is 0. The highest BCUT2D eigenvalue weighted by Gasteiger charge is 2.46. The zero-order chi connectivity index (χ0) is 15.9. The first kappa shape index (κ1) is 18.3. The molecule has 1 nitrogen and oxygen atoms in total. The Balaban J connectivity index is 1.81. The van der Waals surface area contributed by atoms with Crippen molar-refractivity contribution >= 4 is 0 Å². The maximum absolute atomic E-state index is 2.90. The third kappa shape index (κ3) is 5.25. The fourth-order valence-corrected chi connectivity index (χ4v) is 4.50. The van der Waals surface area contributed by atoms with Crippen LogP contribution in [0.4, 0.5) is 0 Å². The summed E-state index contributed by atoms with van der Waals surface area (Å²) in [5.41, 5.74) is 1.32. The number of likely N-dealkylation sites (tertiary alicyclic amines) is 1. The predicted molar refractivity (Wildman–Crippen MR) is 98.4 cm³/mol. The highest BCUT2D eigenvalue weighted by Crippen LogP contribution is 2.54. The van der Waals surface area contributed by atoms with Gasteiger partial charge in [-0.15, -0.1) is 0 Å². The average molecular weight is 308 g/mol. The lowest BCUT2D eigenvalue weighted by Gasteiger charge is -2.46. The minimum Gasteiger partial charge on any atom is -0.298 e. The molecule has 2 aliphatic rings. The molecule has 2 fully saturated rings. The molecule has 1 aliphatic carbocycles. The average Bonchev–Trinajstić information content (AvgIpc) is 3.28. The van der Waals surface area contributed by atoms with Crippen molar-refractivity contribution in [3.05, 3.63) is 0 Å². The van der Waals surface area contributed by atoms with E-state index in [0.29, 0.717) is 5.54 Å². The molecule has 0 unspecified atom stereocenters. The molecule has 2 rings (SSSR count). The lowest BCUT2D eigenvalue weighted by molar-refractivity contribution is 0.0396. The van der Waals surface area contributed by atoms with Gasteiger partial charge in [0.1, 0.15) is 0 Å². The Morgan fingerprint density at radius 3 is 1.64 bits per heavy atom. The van der Waals surface area contributed by atoms with E-state index in [4.69, 9.17) is 0 Å². The molecule has 0 aromatic heterocycles. The molecular weight excluding hydrogens is 266 g/mol. The quantitative estimate of drug-likeness (QED) is 0.391. The van der Waals surface area contributed by atoms with Crippen molar-refractivity contribution in [1.29, 1.82) is 0 Å². The van der Waals surface area contributed by atoms with Gasteiger partial charge in [-0.05, 0) is 64.0 Å². The molecule has 1 spiro atoms. The van der Waals surface area contributed by atoms with Crippen LogP contribution in [0.2, 0.25) is 0 Å². The van der Waals surface area contributed by atoms with Gasteiger partial charge in [0.25, 0.3) is 0 Å². The van der Waals surface area contributed by atoms with Crippen LogP contribution < -0.4 is 0 Å². The van der Waals surface area contributed by atoms with Crippen LogP contribution >= 0.6 is 0 Å². The van der Waals surface area contributed by atoms with Crippen molar-refractivity contribution in [2.24, 2.45) is 5.41 Å². The Morgan fingerprint density at radius 1 is 0.727 bits per heavy atom. The normalized spacial score (nSPS) is 21.4. The molecule has 1 aliphatic heterocycles. The summed E-state index contributed by atoms with van der Waals surface area (Å²) in [6, 6.07) is 0. The second-order valence-electron chi connectivity index (χ2n) is 8.61. The molecule has 1 saturated carbocycles. The van der Waals surface area contributed by atoms with Crippen LogP contribution in [-0.2, 0) is 0 Å². The maximum Gasteiger partial charge on any atom is 0.0181 e. The molecule has 0 aromatic rings. The summed E-state index contributed by atoms with van der Waals surface area (Å²) in [4.78, 5) is 2.90. The molecule has 0 N–H and O–H groups in total. The van der Waals surface area contributed by atoms with Crippen LogP contribution in [0.5, 0.6) is 0 Å². The van der Waals surface area contributed by atoms with E-state index in [2.05, 4.69) is 25.7 Å². The first-order valence-corrected chi connectivity index (χ1v) is 10.4. The lowest BCUT2D eigenvalue weighted by atomic mass is 9.83. The van der Waals surface area contributed by atoms with Gasteiger partial charge in [-0.3, -0.25) is 4.90 Å². The molecule has 1 heterocycles. The smallest absolute Gasteiger partial charge is 0.0181 e. The van der Waals surface area contributed by atoms with Crippen LogP contribution in [0.1, 0.15) is 111 Å². The molecule has 0 radical (unpaired) electrons. The van der Waals surface area contributed by atoms with Gasteiger partial charge in [0, 0.05) is 5.54 Å². The van der Waals surface area contributed by atoms with Crippen molar-refractivity contribution in [3.8, 4) is 0 Å². The van der Waals surface area contributed by atoms with E-state index in [0.717, 1.165) is 5.41 Å². The van der Waals surface area contributed by atoms with E-state index in [1.165, 1.54) is 103 Å². The Hall–Kier alpha value is -0.0400. The minimum atomic E-state index is 0.498. The molecule has 22 heavy (non-hydrogen) atoms. The van der Waals surface area contributed by atoms with Gasteiger partial charge in [-0.1, -0.05) is 65.2 Å². The molecule has 1 saturated heterocycles. The standard InChI is InChI=1S/C21H41N/c1-4-6-8-10-12-20(3,13-11-9-7-5-2)22-18-16-21(14-15-21)17-19-22/h4-19H2,1-3H3. The number of piperidine rings is 1.